The summed E-state index contributed by atoms with van der Waals surface area (Å²) in [5.41, 5.74) is 5.21. The average Bonchev–Trinajstić information content (AvgIpc) is 3.13. The van der Waals surface area contributed by atoms with Gasteiger partial charge in [0.2, 0.25) is 5.91 Å². The Labute approximate surface area is 158 Å². The lowest BCUT2D eigenvalue weighted by molar-refractivity contribution is 0.0908. The van der Waals surface area contributed by atoms with Crippen molar-refractivity contribution in [2.45, 2.75) is 19.3 Å². The highest BCUT2D eigenvalue weighted by Gasteiger charge is 2.18. The minimum Gasteiger partial charge on any atom is -0.497 e. The van der Waals surface area contributed by atoms with Crippen LogP contribution in [0.3, 0.4) is 0 Å². The molecule has 138 valence electrons. The van der Waals surface area contributed by atoms with Gasteiger partial charge in [0.05, 0.1) is 18.1 Å². The number of methoxy groups -OCH3 is 1. The first-order valence-electron chi connectivity index (χ1n) is 9.28. The molecule has 0 aliphatic carbocycles. The highest BCUT2D eigenvalue weighted by Crippen LogP contribution is 2.28. The normalized spacial score (nSPS) is 14.2. The van der Waals surface area contributed by atoms with Crippen molar-refractivity contribution in [3.05, 3.63) is 66.0 Å². The molecule has 2 aromatic heterocycles. The summed E-state index contributed by atoms with van der Waals surface area (Å²) in [7, 11) is 1.65. The second-order valence-corrected chi connectivity index (χ2v) is 6.71. The molecule has 0 unspecified atom stereocenters. The van der Waals surface area contributed by atoms with E-state index in [0.29, 0.717) is 12.8 Å². The molecule has 0 amide bonds. The lowest BCUT2D eigenvalue weighted by Gasteiger charge is -2.12. The summed E-state index contributed by atoms with van der Waals surface area (Å²) in [5, 5.41) is 3.33. The molecule has 27 heavy (non-hydrogen) atoms. The average molecular weight is 361 g/mol. The number of hydrogen-bond acceptors (Lipinski definition) is 4. The minimum atomic E-state index is 0.0802. The van der Waals surface area contributed by atoms with E-state index in [1.54, 1.807) is 17.9 Å². The molecule has 4 rings (SSSR count). The number of hydrogen-bond donors (Lipinski definition) is 1. The predicted molar refractivity (Wildman–Crippen MR) is 107 cm³/mol. The van der Waals surface area contributed by atoms with Crippen LogP contribution < -0.4 is 10.1 Å². The molecule has 0 saturated heterocycles. The Morgan fingerprint density at radius 2 is 2.22 bits per heavy atom. The fourth-order valence-electron chi connectivity index (χ4n) is 3.57. The largest absolute Gasteiger partial charge is 0.497 e. The summed E-state index contributed by atoms with van der Waals surface area (Å²) in [6.07, 6.45) is 8.01. The van der Waals surface area contributed by atoms with E-state index in [9.17, 15) is 4.79 Å². The highest BCUT2D eigenvalue weighted by molar-refractivity contribution is 5.97. The van der Waals surface area contributed by atoms with Crippen LogP contribution in [0, 0.1) is 0 Å². The van der Waals surface area contributed by atoms with Crippen molar-refractivity contribution in [3.63, 3.8) is 0 Å². The lowest BCUT2D eigenvalue weighted by atomic mass is 10.0. The Balaban J connectivity index is 1.61. The molecule has 3 aromatic rings. The first-order chi connectivity index (χ1) is 13.3. The van der Waals surface area contributed by atoms with Crippen molar-refractivity contribution in [3.8, 4) is 5.75 Å². The monoisotopic (exact) mass is 361 g/mol. The maximum Gasteiger partial charge on any atom is 0.231 e. The van der Waals surface area contributed by atoms with Gasteiger partial charge < -0.3 is 10.1 Å². The van der Waals surface area contributed by atoms with Gasteiger partial charge in [-0.3, -0.25) is 14.3 Å². The van der Waals surface area contributed by atoms with Crippen molar-refractivity contribution in [2.75, 3.05) is 20.2 Å². The lowest BCUT2D eigenvalue weighted by Crippen LogP contribution is -2.20. The summed E-state index contributed by atoms with van der Waals surface area (Å²) < 4.78 is 7.03. The van der Waals surface area contributed by atoms with Crippen molar-refractivity contribution >= 4 is 22.5 Å². The molecule has 0 atom stereocenters. The van der Waals surface area contributed by atoms with E-state index in [0.717, 1.165) is 47.4 Å². The third-order valence-electron chi connectivity index (χ3n) is 5.00. The Morgan fingerprint density at radius 3 is 3.04 bits per heavy atom. The summed E-state index contributed by atoms with van der Waals surface area (Å²) in [4.78, 5) is 17.5. The summed E-state index contributed by atoms with van der Waals surface area (Å²) in [6, 6.07) is 11.7. The predicted octanol–water partition coefficient (Wildman–Crippen LogP) is 3.69. The van der Waals surface area contributed by atoms with E-state index in [1.807, 2.05) is 42.6 Å². The second-order valence-electron chi connectivity index (χ2n) is 6.71. The van der Waals surface area contributed by atoms with Gasteiger partial charge in [-0.15, -0.1) is 0 Å². The van der Waals surface area contributed by atoms with E-state index in [-0.39, 0.29) is 5.91 Å². The van der Waals surface area contributed by atoms with Gasteiger partial charge in [0.1, 0.15) is 5.75 Å². The molecule has 0 saturated carbocycles. The molecule has 0 fully saturated rings. The Hall–Kier alpha value is -2.92. The molecule has 5 heteroatoms. The zero-order valence-corrected chi connectivity index (χ0v) is 15.4. The van der Waals surface area contributed by atoms with E-state index in [1.165, 1.54) is 5.57 Å². The molecule has 0 spiro atoms. The number of rotatable bonds is 5. The second kappa shape index (κ2) is 7.76. The van der Waals surface area contributed by atoms with Gasteiger partial charge in [-0.2, -0.15) is 0 Å². The Bertz CT molecular complexity index is 1000. The smallest absolute Gasteiger partial charge is 0.231 e. The number of nitrogens with one attached hydrogen (secondary N) is 1. The third kappa shape index (κ3) is 3.64. The molecule has 1 aromatic carbocycles. The standard InChI is InChI=1S/C22H23N3O2/c1-27-18-5-2-4-16(14-18)7-8-21(26)25-15-19(17-9-12-23-13-10-17)22-20(25)6-3-11-24-22/h2-6,9,11,14-15,23H,7-8,10,12-13H2,1H3. The quantitative estimate of drug-likeness (QED) is 0.753. The fourth-order valence-corrected chi connectivity index (χ4v) is 3.57. The van der Waals surface area contributed by atoms with Crippen molar-refractivity contribution in [1.82, 2.24) is 14.9 Å². The van der Waals surface area contributed by atoms with Crippen LogP contribution in [0.25, 0.3) is 16.6 Å². The van der Waals surface area contributed by atoms with Gasteiger partial charge in [0.15, 0.2) is 0 Å². The zero-order valence-electron chi connectivity index (χ0n) is 15.4. The van der Waals surface area contributed by atoms with Crippen LogP contribution in [-0.2, 0) is 6.42 Å². The molecule has 0 radical (unpaired) electrons. The van der Waals surface area contributed by atoms with Gasteiger partial charge >= 0.3 is 0 Å². The van der Waals surface area contributed by atoms with Gasteiger partial charge in [0, 0.05) is 30.9 Å². The Morgan fingerprint density at radius 1 is 1.30 bits per heavy atom. The molecule has 3 heterocycles. The molecule has 1 aliphatic rings. The van der Waals surface area contributed by atoms with Crippen LogP contribution in [0.2, 0.25) is 0 Å². The maximum atomic E-state index is 13.0. The van der Waals surface area contributed by atoms with Gasteiger partial charge in [-0.05, 0) is 54.8 Å². The van der Waals surface area contributed by atoms with Crippen LogP contribution in [0.15, 0.2) is 54.9 Å². The van der Waals surface area contributed by atoms with Gasteiger partial charge in [-0.1, -0.05) is 18.2 Å². The van der Waals surface area contributed by atoms with Crippen molar-refractivity contribution in [2.24, 2.45) is 0 Å². The van der Waals surface area contributed by atoms with Crippen LogP contribution in [0.4, 0.5) is 0 Å². The fraction of sp³-hybridized carbons (Fsp3) is 0.273. The van der Waals surface area contributed by atoms with Crippen molar-refractivity contribution in [1.29, 1.82) is 0 Å². The topological polar surface area (TPSA) is 56.1 Å². The van der Waals surface area contributed by atoms with E-state index in [2.05, 4.69) is 16.4 Å². The SMILES string of the molecule is COc1cccc(CCC(=O)n2cc(C3=CCNCC3)c3ncccc32)c1. The number of benzene rings is 1. The van der Waals surface area contributed by atoms with E-state index in [4.69, 9.17) is 4.74 Å². The van der Waals surface area contributed by atoms with Crippen LogP contribution in [0.5, 0.6) is 5.75 Å². The summed E-state index contributed by atoms with van der Waals surface area (Å²) >= 11 is 0. The number of carbonyl (C=O) groups excluding carboxylic acids is 1. The number of aromatic nitrogens is 2. The summed E-state index contributed by atoms with van der Waals surface area (Å²) in [6.45, 7) is 1.81. The Kier molecular flexibility index (Phi) is 5.03. The zero-order chi connectivity index (χ0) is 18.6. The highest BCUT2D eigenvalue weighted by atomic mass is 16.5. The molecule has 5 nitrogen and oxygen atoms in total. The van der Waals surface area contributed by atoms with Crippen LogP contribution >= 0.6 is 0 Å². The molecular formula is C22H23N3O2. The number of carbonyl (C=O) groups is 1. The molecular weight excluding hydrogens is 338 g/mol. The van der Waals surface area contributed by atoms with Crippen LogP contribution in [0.1, 0.15) is 28.8 Å². The number of ether oxygens (including phenoxy) is 1. The minimum absolute atomic E-state index is 0.0802. The number of pyridine rings is 1. The van der Waals surface area contributed by atoms with Crippen LogP contribution in [-0.4, -0.2) is 35.7 Å². The summed E-state index contributed by atoms with van der Waals surface area (Å²) in [5.74, 6) is 0.896. The molecule has 1 aliphatic heterocycles. The van der Waals surface area contributed by atoms with Gasteiger partial charge in [-0.25, -0.2) is 0 Å². The molecule has 0 bridgehead atoms. The first kappa shape index (κ1) is 17.5. The van der Waals surface area contributed by atoms with Crippen molar-refractivity contribution < 1.29 is 9.53 Å². The maximum absolute atomic E-state index is 13.0. The van der Waals surface area contributed by atoms with E-state index < -0.39 is 0 Å². The number of nitrogens with zero attached hydrogens (tertiary/aromatic N) is 2. The number of aryl methyl sites for hydroxylation is 1. The first-order valence-corrected chi connectivity index (χ1v) is 9.28. The van der Waals surface area contributed by atoms with Gasteiger partial charge in [0.25, 0.3) is 0 Å². The number of fused-ring (bicyclic) bond motifs is 1. The molecule has 1 N–H and O–H groups in total. The van der Waals surface area contributed by atoms with E-state index >= 15 is 0 Å². The third-order valence-corrected chi connectivity index (χ3v) is 5.00.